The van der Waals surface area contributed by atoms with Crippen LogP contribution in [0.3, 0.4) is 0 Å². The second kappa shape index (κ2) is 15.8. The average Bonchev–Trinajstić information content (AvgIpc) is 2.37. The monoisotopic (exact) mass is 360 g/mol. The zero-order chi connectivity index (χ0) is 20.6. The van der Waals surface area contributed by atoms with Crippen LogP contribution in [0.1, 0.15) is 0 Å². The van der Waals surface area contributed by atoms with Crippen LogP contribution in [-0.2, 0) is 33.6 Å². The normalized spacial score (nSPS) is 7.46. The predicted octanol–water partition coefficient (Wildman–Crippen LogP) is -5.02. The zero-order valence-corrected chi connectivity index (χ0v) is 11.0. The Labute approximate surface area is 129 Å². The summed E-state index contributed by atoms with van der Waals surface area (Å²) in [6.07, 6.45) is 0. The van der Waals surface area contributed by atoms with Crippen molar-refractivity contribution in [1.29, 1.82) is 0 Å². The van der Waals surface area contributed by atoms with Crippen molar-refractivity contribution in [2.75, 3.05) is 0 Å². The molecule has 0 aromatic carbocycles. The van der Waals surface area contributed by atoms with E-state index in [-0.39, 0.29) is 0 Å². The molecule has 0 aliphatic heterocycles. The summed E-state index contributed by atoms with van der Waals surface area (Å²) in [6.45, 7) is 0. The highest BCUT2D eigenvalue weighted by molar-refractivity contribution is 6.59. The van der Waals surface area contributed by atoms with Gasteiger partial charge in [0.05, 0.1) is 0 Å². The van der Waals surface area contributed by atoms with Crippen LogP contribution in [-0.4, -0.2) is 94.6 Å². The molecule has 0 saturated carbocycles. The summed E-state index contributed by atoms with van der Waals surface area (Å²) in [5.41, 5.74) is 0. The average molecular weight is 360 g/mol. The molecule has 0 amide bonds. The van der Waals surface area contributed by atoms with Gasteiger partial charge in [0.2, 0.25) is 0 Å². The fraction of sp³-hybridized carbons (Fsp3) is 0. The third kappa shape index (κ3) is 36.2. The first kappa shape index (κ1) is 28.6. The molecule has 0 fully saturated rings. The molecule has 136 valence electrons. The maximum atomic E-state index is 9.64. The molecule has 0 atom stereocenters. The van der Waals surface area contributed by atoms with E-state index in [1.807, 2.05) is 0 Å². The highest BCUT2D eigenvalue weighted by atomic mass is 16.5. The number of hydrogen-bond donors (Lipinski definition) is 9. The molecule has 0 heterocycles. The van der Waals surface area contributed by atoms with Crippen LogP contribution < -0.4 is 0 Å². The Morgan fingerprint density at radius 1 is 0.417 bits per heavy atom. The van der Waals surface area contributed by atoms with Gasteiger partial charge in [-0.1, -0.05) is 0 Å². The maximum absolute atomic E-state index is 9.64. The van der Waals surface area contributed by atoms with Crippen molar-refractivity contribution >= 4 is 48.9 Å². The predicted molar refractivity (Wildman–Crippen MR) is 63.2 cm³/mol. The Morgan fingerprint density at radius 2 is 0.542 bits per heavy atom. The summed E-state index contributed by atoms with van der Waals surface area (Å²) in [5, 5.41) is 66.3. The molecule has 0 unspecified atom stereocenters. The van der Waals surface area contributed by atoms with Crippen molar-refractivity contribution in [3.05, 3.63) is 0 Å². The molecule has 24 heavy (non-hydrogen) atoms. The number of aliphatic carboxylic acids is 6. The minimum Gasteiger partial charge on any atom is -0.475 e. The molecule has 17 heteroatoms. The van der Waals surface area contributed by atoms with Crippen LogP contribution in [0.15, 0.2) is 0 Å². The van der Waals surface area contributed by atoms with Crippen molar-refractivity contribution < 1.29 is 79.3 Å². The number of carboxylic acids is 6. The van der Waals surface area contributed by atoms with E-state index in [1.165, 1.54) is 0 Å². The first-order valence-corrected chi connectivity index (χ1v) is 4.55. The number of rotatable bonds is 2. The van der Waals surface area contributed by atoms with E-state index in [1.54, 1.807) is 0 Å². The van der Waals surface area contributed by atoms with Gasteiger partial charge in [0.15, 0.2) is 0 Å². The second-order valence-corrected chi connectivity index (χ2v) is 2.51. The van der Waals surface area contributed by atoms with Crippen LogP contribution in [0.25, 0.3) is 0 Å². The highest BCUT2D eigenvalue weighted by Crippen LogP contribution is 1.69. The minimum absolute atomic E-state index is 1.81. The van der Waals surface area contributed by atoms with Crippen LogP contribution in [0.2, 0.25) is 0 Å². The largest absolute Gasteiger partial charge is 0.631 e. The number of carboxylic acid groups (broad SMARTS) is 6. The van der Waals surface area contributed by atoms with Crippen molar-refractivity contribution in [2.24, 2.45) is 0 Å². The molecule has 0 aromatic heterocycles. The van der Waals surface area contributed by atoms with E-state index >= 15 is 0 Å². The number of Topliss-reactive ketones (excluding diaryl/α,β-unsaturated/α-hetero) is 1. The lowest BCUT2D eigenvalue weighted by molar-refractivity contribution is -0.159. The summed E-state index contributed by atoms with van der Waals surface area (Å²) in [5.74, 6) is -13.0. The number of carbonyl (C=O) groups is 7. The van der Waals surface area contributed by atoms with Gasteiger partial charge in [0.1, 0.15) is 0 Å². The Kier molecular flexibility index (Phi) is 18.8. The molecule has 0 aliphatic carbocycles. The van der Waals surface area contributed by atoms with Crippen LogP contribution in [0.4, 0.5) is 0 Å². The Hall–Kier alpha value is -3.57. The smallest absolute Gasteiger partial charge is 0.475 e. The lowest BCUT2D eigenvalue weighted by Crippen LogP contribution is -2.22. The van der Waals surface area contributed by atoms with E-state index in [4.69, 9.17) is 64.9 Å². The molecule has 0 rings (SSSR count). The van der Waals surface area contributed by atoms with Crippen LogP contribution in [0.5, 0.6) is 0 Å². The fourth-order valence-electron chi connectivity index (χ4n) is 0.0915. The summed E-state index contributed by atoms with van der Waals surface area (Å²) in [6, 6.07) is 0. The minimum atomic E-state index is -2.17. The third-order valence-electron chi connectivity index (χ3n) is 0.754. The number of ketones is 1. The molecule has 16 nitrogen and oxygen atoms in total. The number of carbonyl (C=O) groups excluding carboxylic acids is 1. The maximum Gasteiger partial charge on any atom is 0.631 e. The van der Waals surface area contributed by atoms with Crippen LogP contribution in [0, 0.1) is 0 Å². The van der Waals surface area contributed by atoms with E-state index in [0.717, 1.165) is 0 Å². The van der Waals surface area contributed by atoms with Gasteiger partial charge in [-0.15, -0.1) is 0 Å². The fourth-order valence-corrected chi connectivity index (χ4v) is 0.0915. The van der Waals surface area contributed by atoms with Crippen molar-refractivity contribution in [3.8, 4) is 0 Å². The summed E-state index contributed by atoms with van der Waals surface area (Å²) in [4.78, 5) is 64.9. The van der Waals surface area contributed by atoms with E-state index < -0.39 is 48.9 Å². The van der Waals surface area contributed by atoms with Crippen molar-refractivity contribution in [1.82, 2.24) is 0 Å². The topological polar surface area (TPSA) is 302 Å². The Balaban J connectivity index is -0.000000114. The van der Waals surface area contributed by atoms with Gasteiger partial charge < -0.3 is 45.7 Å². The Morgan fingerprint density at radius 3 is 0.542 bits per heavy atom. The molecule has 0 bridgehead atoms. The molecular formula is C7H9BO16. The van der Waals surface area contributed by atoms with Gasteiger partial charge in [-0.25, -0.2) is 28.8 Å². The zero-order valence-electron chi connectivity index (χ0n) is 11.0. The summed E-state index contributed by atoms with van der Waals surface area (Å²) >= 11 is 0. The second-order valence-electron chi connectivity index (χ2n) is 2.51. The van der Waals surface area contributed by atoms with Gasteiger partial charge in [0, 0.05) is 0 Å². The molecule has 0 saturated heterocycles. The van der Waals surface area contributed by atoms with E-state index in [2.05, 4.69) is 0 Å². The molecule has 9 N–H and O–H groups in total. The lowest BCUT2D eigenvalue weighted by atomic mass is 10.3. The van der Waals surface area contributed by atoms with Gasteiger partial charge in [-0.05, 0) is 0 Å². The molecule has 0 radical (unpaired) electrons. The van der Waals surface area contributed by atoms with Gasteiger partial charge in [-0.2, -0.15) is 0 Å². The van der Waals surface area contributed by atoms with E-state index in [9.17, 15) is 14.4 Å². The third-order valence-corrected chi connectivity index (χ3v) is 0.754. The highest BCUT2D eigenvalue weighted by Gasteiger charge is 2.19. The van der Waals surface area contributed by atoms with E-state index in [0.29, 0.717) is 0 Å². The lowest BCUT2D eigenvalue weighted by Gasteiger charge is -1.80. The molecule has 0 spiro atoms. The SMILES string of the molecule is O=C(O)C(=O)C(=O)O.O=C(O)C(=O)O.O=C(O)C(=O)O.OB(O)O. The number of hydrogen-bond acceptors (Lipinski definition) is 10. The first-order chi connectivity index (χ1) is 10.6. The Bertz CT molecular complexity index is 424. The molecular weight excluding hydrogens is 351 g/mol. The van der Waals surface area contributed by atoms with Gasteiger partial charge >= 0.3 is 48.9 Å². The summed E-state index contributed by atoms with van der Waals surface area (Å²) < 4.78 is 0. The van der Waals surface area contributed by atoms with Crippen LogP contribution >= 0.6 is 0 Å². The summed E-state index contributed by atoms with van der Waals surface area (Å²) in [7, 11) is -2.17. The van der Waals surface area contributed by atoms with Crippen molar-refractivity contribution in [3.63, 3.8) is 0 Å². The quantitative estimate of drug-likeness (QED) is 0.126. The molecule has 0 aliphatic rings. The first-order valence-electron chi connectivity index (χ1n) is 4.55. The van der Waals surface area contributed by atoms with Gasteiger partial charge in [0.25, 0.3) is 0 Å². The van der Waals surface area contributed by atoms with Gasteiger partial charge in [-0.3, -0.25) is 4.79 Å². The molecule has 0 aromatic rings. The van der Waals surface area contributed by atoms with Crippen molar-refractivity contribution in [2.45, 2.75) is 0 Å². The standard InChI is InChI=1S/C3H2O5.2C2H2O4.BH3O3/c4-1(2(5)6)3(7)8;2*3-1(4)2(5)6;2-1(3)4/h(H,5,6)(H,7,8);2*(H,3,4)(H,5,6);2-4H.